The van der Waals surface area contributed by atoms with Gasteiger partial charge < -0.3 is 9.84 Å². The van der Waals surface area contributed by atoms with E-state index in [1.165, 1.54) is 6.20 Å². The van der Waals surface area contributed by atoms with Crippen molar-refractivity contribution in [2.75, 3.05) is 0 Å². The van der Waals surface area contributed by atoms with Crippen LogP contribution in [0.25, 0.3) is 0 Å². The summed E-state index contributed by atoms with van der Waals surface area (Å²) in [6, 6.07) is 3.24. The molecule has 1 N–H and O–H groups in total. The number of ether oxygens (including phenoxy) is 1. The zero-order valence-corrected chi connectivity index (χ0v) is 6.23. The van der Waals surface area contributed by atoms with Crippen LogP contribution < -0.4 is 4.74 Å². The van der Waals surface area contributed by atoms with Crippen LogP contribution in [0, 0.1) is 0 Å². The highest BCUT2D eigenvalue weighted by molar-refractivity contribution is 5.83. The fourth-order valence-electron chi connectivity index (χ4n) is 0.593. The highest BCUT2D eigenvalue weighted by Crippen LogP contribution is 2.09. The Morgan fingerprint density at radius 1 is 1.67 bits per heavy atom. The minimum atomic E-state index is -1.18. The molecule has 4 heteroatoms. The Balaban J connectivity index is 2.65. The fourth-order valence-corrected chi connectivity index (χ4v) is 0.593. The van der Waals surface area contributed by atoms with Gasteiger partial charge in [-0.15, -0.1) is 0 Å². The largest absolute Gasteiger partial charge is 0.475 e. The maximum Gasteiger partial charge on any atom is 0.371 e. The van der Waals surface area contributed by atoms with Gasteiger partial charge in [0, 0.05) is 6.20 Å². The highest BCUT2D eigenvalue weighted by atomic mass is 16.5. The Bertz CT molecular complexity index is 294. The van der Waals surface area contributed by atoms with E-state index in [4.69, 9.17) is 9.84 Å². The van der Waals surface area contributed by atoms with Crippen molar-refractivity contribution in [2.24, 2.45) is 0 Å². The predicted octanol–water partition coefficient (Wildman–Crippen LogP) is 1.06. The number of hydrogen-bond donors (Lipinski definition) is 1. The molecule has 0 unspecified atom stereocenters. The van der Waals surface area contributed by atoms with Crippen LogP contribution in [-0.4, -0.2) is 16.1 Å². The lowest BCUT2D eigenvalue weighted by Crippen LogP contribution is -2.05. The summed E-state index contributed by atoms with van der Waals surface area (Å²) in [7, 11) is 0. The molecule has 1 heterocycles. The van der Waals surface area contributed by atoms with Gasteiger partial charge in [0.05, 0.1) is 6.20 Å². The number of carboxylic acids is 1. The molecule has 0 amide bonds. The molecule has 0 radical (unpaired) electrons. The third-order valence-electron chi connectivity index (χ3n) is 1.11. The molecule has 0 bridgehead atoms. The van der Waals surface area contributed by atoms with Crippen LogP contribution in [0.3, 0.4) is 0 Å². The molecular formula is C8H7NO3. The van der Waals surface area contributed by atoms with E-state index < -0.39 is 5.97 Å². The van der Waals surface area contributed by atoms with Gasteiger partial charge in [-0.1, -0.05) is 0 Å². The van der Waals surface area contributed by atoms with Crippen molar-refractivity contribution in [1.82, 2.24) is 4.98 Å². The molecule has 0 aliphatic heterocycles. The Morgan fingerprint density at radius 2 is 2.42 bits per heavy atom. The van der Waals surface area contributed by atoms with Crippen LogP contribution in [0.2, 0.25) is 0 Å². The molecule has 62 valence electrons. The van der Waals surface area contributed by atoms with E-state index in [-0.39, 0.29) is 5.76 Å². The second-order valence-corrected chi connectivity index (χ2v) is 2.02. The molecule has 0 saturated heterocycles. The number of aliphatic carboxylic acids is 1. The van der Waals surface area contributed by atoms with Gasteiger partial charge in [0.1, 0.15) is 5.75 Å². The van der Waals surface area contributed by atoms with Crippen LogP contribution in [0.4, 0.5) is 0 Å². The van der Waals surface area contributed by atoms with Crippen molar-refractivity contribution in [2.45, 2.75) is 0 Å². The van der Waals surface area contributed by atoms with Gasteiger partial charge in [0.2, 0.25) is 5.76 Å². The first-order valence-corrected chi connectivity index (χ1v) is 3.20. The standard InChI is InChI=1S/C8H7NO3/c1-6(8(10)11)12-7-3-2-4-9-5-7/h2-5H,1H2,(H,10,11). The summed E-state index contributed by atoms with van der Waals surface area (Å²) in [6.07, 6.45) is 2.98. The van der Waals surface area contributed by atoms with Crippen molar-refractivity contribution in [1.29, 1.82) is 0 Å². The smallest absolute Gasteiger partial charge is 0.371 e. The summed E-state index contributed by atoms with van der Waals surface area (Å²) in [4.78, 5) is 14.0. The van der Waals surface area contributed by atoms with Gasteiger partial charge in [-0.25, -0.2) is 4.79 Å². The normalized spacial score (nSPS) is 9.00. The van der Waals surface area contributed by atoms with Crippen LogP contribution in [0.15, 0.2) is 36.9 Å². The molecule has 0 atom stereocenters. The Labute approximate surface area is 69.1 Å². The fraction of sp³-hybridized carbons (Fsp3) is 0. The Hall–Kier alpha value is -1.84. The molecule has 1 rings (SSSR count). The lowest BCUT2D eigenvalue weighted by atomic mass is 10.4. The first kappa shape index (κ1) is 8.26. The summed E-state index contributed by atoms with van der Waals surface area (Å²) in [5.41, 5.74) is 0. The maximum absolute atomic E-state index is 10.3. The van der Waals surface area contributed by atoms with Crippen molar-refractivity contribution >= 4 is 5.97 Å². The summed E-state index contributed by atoms with van der Waals surface area (Å²) < 4.78 is 4.82. The first-order valence-electron chi connectivity index (χ1n) is 3.20. The SMILES string of the molecule is C=C(Oc1cccnc1)C(=O)O. The summed E-state index contributed by atoms with van der Waals surface area (Å²) in [6.45, 7) is 3.20. The molecule has 1 aromatic heterocycles. The van der Waals surface area contributed by atoms with E-state index in [0.717, 1.165) is 0 Å². The van der Waals surface area contributed by atoms with Gasteiger partial charge in [-0.05, 0) is 18.7 Å². The second kappa shape index (κ2) is 3.52. The molecule has 0 aliphatic rings. The summed E-state index contributed by atoms with van der Waals surface area (Å²) in [5.74, 6) is -1.13. The number of carbonyl (C=O) groups is 1. The van der Waals surface area contributed by atoms with Gasteiger partial charge in [-0.3, -0.25) is 4.98 Å². The van der Waals surface area contributed by atoms with Crippen molar-refractivity contribution in [3.05, 3.63) is 36.9 Å². The zero-order valence-electron chi connectivity index (χ0n) is 6.23. The average Bonchev–Trinajstić information content (AvgIpc) is 2.06. The number of carboxylic acid groups (broad SMARTS) is 1. The van der Waals surface area contributed by atoms with Gasteiger partial charge in [0.25, 0.3) is 0 Å². The molecule has 12 heavy (non-hydrogen) atoms. The van der Waals surface area contributed by atoms with E-state index >= 15 is 0 Å². The van der Waals surface area contributed by atoms with Crippen LogP contribution in [0.1, 0.15) is 0 Å². The molecule has 0 aromatic carbocycles. The van der Waals surface area contributed by atoms with E-state index in [9.17, 15) is 4.79 Å². The second-order valence-electron chi connectivity index (χ2n) is 2.02. The first-order chi connectivity index (χ1) is 5.70. The predicted molar refractivity (Wildman–Crippen MR) is 41.6 cm³/mol. The highest BCUT2D eigenvalue weighted by Gasteiger charge is 2.05. The molecular weight excluding hydrogens is 158 g/mol. The lowest BCUT2D eigenvalue weighted by Gasteiger charge is -2.02. The van der Waals surface area contributed by atoms with E-state index in [2.05, 4.69) is 11.6 Å². The zero-order chi connectivity index (χ0) is 8.97. The topological polar surface area (TPSA) is 59.4 Å². The van der Waals surface area contributed by atoms with Gasteiger partial charge in [-0.2, -0.15) is 0 Å². The summed E-state index contributed by atoms with van der Waals surface area (Å²) in [5, 5.41) is 8.40. The Morgan fingerprint density at radius 3 is 2.92 bits per heavy atom. The molecule has 0 fully saturated rings. The van der Waals surface area contributed by atoms with Crippen molar-refractivity contribution in [3.8, 4) is 5.75 Å². The third-order valence-corrected chi connectivity index (χ3v) is 1.11. The molecule has 0 spiro atoms. The number of hydrogen-bond acceptors (Lipinski definition) is 3. The summed E-state index contributed by atoms with van der Waals surface area (Å²) >= 11 is 0. The minimum Gasteiger partial charge on any atom is -0.475 e. The number of nitrogens with zero attached hydrogens (tertiary/aromatic N) is 1. The van der Waals surface area contributed by atoms with Crippen molar-refractivity contribution < 1.29 is 14.6 Å². The lowest BCUT2D eigenvalue weighted by molar-refractivity contribution is -0.135. The maximum atomic E-state index is 10.3. The third kappa shape index (κ3) is 2.09. The molecule has 0 saturated carbocycles. The van der Waals surface area contributed by atoms with Crippen molar-refractivity contribution in [3.63, 3.8) is 0 Å². The van der Waals surface area contributed by atoms with Gasteiger partial charge >= 0.3 is 5.97 Å². The number of pyridine rings is 1. The van der Waals surface area contributed by atoms with Crippen LogP contribution in [0.5, 0.6) is 5.75 Å². The number of aromatic nitrogens is 1. The minimum absolute atomic E-state index is 0.317. The van der Waals surface area contributed by atoms with Crippen LogP contribution >= 0.6 is 0 Å². The molecule has 1 aromatic rings. The van der Waals surface area contributed by atoms with E-state index in [1.807, 2.05) is 0 Å². The van der Waals surface area contributed by atoms with Gasteiger partial charge in [0.15, 0.2) is 0 Å². The van der Waals surface area contributed by atoms with E-state index in [1.54, 1.807) is 18.3 Å². The number of rotatable bonds is 3. The van der Waals surface area contributed by atoms with Crippen LogP contribution in [-0.2, 0) is 4.79 Å². The monoisotopic (exact) mass is 165 g/mol. The average molecular weight is 165 g/mol. The molecule has 0 aliphatic carbocycles. The molecule has 4 nitrogen and oxygen atoms in total. The Kier molecular flexibility index (Phi) is 2.42. The van der Waals surface area contributed by atoms with E-state index in [0.29, 0.717) is 5.75 Å². The quantitative estimate of drug-likeness (QED) is 0.537.